The number of methoxy groups -OCH3 is 1. The Kier molecular flexibility index (Phi) is 25.2. The molecule has 0 aromatic carbocycles. The first-order chi connectivity index (χ1) is 16.9. The molecule has 0 fully saturated rings. The van der Waals surface area contributed by atoms with Crippen LogP contribution in [0.1, 0.15) is 103 Å². The smallest absolute Gasteiger partial charge is 0.379 e. The maximum Gasteiger partial charge on any atom is 0.472 e. The van der Waals surface area contributed by atoms with E-state index >= 15 is 0 Å². The normalized spacial score (nSPS) is 14.7. The van der Waals surface area contributed by atoms with Crippen molar-refractivity contribution in [1.82, 2.24) is 4.90 Å². The summed E-state index contributed by atoms with van der Waals surface area (Å²) in [5.41, 5.74) is 0. The Labute approximate surface area is 216 Å². The van der Waals surface area contributed by atoms with E-state index in [0.717, 1.165) is 12.8 Å². The highest BCUT2D eigenvalue weighted by Gasteiger charge is 2.23. The Bertz CT molecular complexity index is 518. The van der Waals surface area contributed by atoms with Gasteiger partial charge in [-0.3, -0.25) is 9.05 Å². The first kappa shape index (κ1) is 34.7. The van der Waals surface area contributed by atoms with E-state index in [4.69, 9.17) is 18.5 Å². The number of unbranched alkanes of at least 4 members (excludes halogenated alkanes) is 13. The van der Waals surface area contributed by atoms with Gasteiger partial charge in [-0.15, -0.1) is 0 Å². The standard InChI is InChI=1S/C27H56NO6P/c1-5-6-7-8-9-10-11-12-13-14-15-16-17-18-19-20-21-23-32-25-27(31-4)26-34-35(29,30)33-24-22-28(2)3/h13-14,27H,5-12,15-26H2,1-4H3,(H,29,30). The van der Waals surface area contributed by atoms with E-state index in [9.17, 15) is 9.46 Å². The molecule has 0 amide bonds. The van der Waals surface area contributed by atoms with Gasteiger partial charge in [-0.2, -0.15) is 0 Å². The highest BCUT2D eigenvalue weighted by molar-refractivity contribution is 7.47. The minimum absolute atomic E-state index is 0.0419. The van der Waals surface area contributed by atoms with Crippen molar-refractivity contribution in [3.63, 3.8) is 0 Å². The topological polar surface area (TPSA) is 77.5 Å². The lowest BCUT2D eigenvalue weighted by Crippen LogP contribution is -2.24. The summed E-state index contributed by atoms with van der Waals surface area (Å²) in [6.07, 6.45) is 23.7. The molecule has 0 radical (unpaired) electrons. The third-order valence-electron chi connectivity index (χ3n) is 5.90. The van der Waals surface area contributed by atoms with E-state index in [1.165, 1.54) is 90.6 Å². The van der Waals surface area contributed by atoms with Crippen molar-refractivity contribution in [2.24, 2.45) is 0 Å². The van der Waals surface area contributed by atoms with Gasteiger partial charge in [0.1, 0.15) is 6.10 Å². The molecular weight excluding hydrogens is 465 g/mol. The largest absolute Gasteiger partial charge is 0.472 e. The summed E-state index contributed by atoms with van der Waals surface area (Å²) < 4.78 is 32.7. The zero-order valence-electron chi connectivity index (χ0n) is 23.3. The van der Waals surface area contributed by atoms with Crippen molar-refractivity contribution in [2.45, 2.75) is 109 Å². The SMILES string of the molecule is CCCCCCCCCC=CCCCCCCCCOCC(COP(=O)(O)OCCN(C)C)OC. The fraction of sp³-hybridized carbons (Fsp3) is 0.926. The molecule has 210 valence electrons. The van der Waals surface area contributed by atoms with Crippen LogP contribution in [0.5, 0.6) is 0 Å². The monoisotopic (exact) mass is 521 g/mol. The van der Waals surface area contributed by atoms with Gasteiger partial charge in [-0.1, -0.05) is 83.3 Å². The fourth-order valence-corrected chi connectivity index (χ4v) is 4.32. The molecule has 8 heteroatoms. The van der Waals surface area contributed by atoms with Crippen LogP contribution < -0.4 is 0 Å². The molecule has 0 aliphatic heterocycles. The van der Waals surface area contributed by atoms with E-state index in [1.807, 2.05) is 19.0 Å². The van der Waals surface area contributed by atoms with Gasteiger partial charge in [-0.25, -0.2) is 4.57 Å². The Balaban J connectivity index is 3.48. The number of hydrogen-bond acceptors (Lipinski definition) is 6. The van der Waals surface area contributed by atoms with Crippen LogP contribution in [-0.2, 0) is 23.1 Å². The molecule has 0 heterocycles. The van der Waals surface area contributed by atoms with Gasteiger partial charge < -0.3 is 19.3 Å². The summed E-state index contributed by atoms with van der Waals surface area (Å²) in [4.78, 5) is 11.6. The van der Waals surface area contributed by atoms with Gasteiger partial charge in [0.15, 0.2) is 0 Å². The highest BCUT2D eigenvalue weighted by Crippen LogP contribution is 2.43. The Hall–Kier alpha value is -0.270. The van der Waals surface area contributed by atoms with Gasteiger partial charge in [-0.05, 0) is 46.2 Å². The molecule has 2 unspecified atom stereocenters. The van der Waals surface area contributed by atoms with Crippen LogP contribution in [0.3, 0.4) is 0 Å². The number of ether oxygens (including phenoxy) is 2. The van der Waals surface area contributed by atoms with Crippen LogP contribution in [0.15, 0.2) is 12.2 Å². The van der Waals surface area contributed by atoms with Crippen LogP contribution in [0.25, 0.3) is 0 Å². The maximum absolute atomic E-state index is 11.9. The van der Waals surface area contributed by atoms with E-state index in [-0.39, 0.29) is 13.2 Å². The first-order valence-electron chi connectivity index (χ1n) is 13.9. The number of likely N-dealkylation sites (N-methyl/N-ethyl adjacent to an activating group) is 1. The van der Waals surface area contributed by atoms with Crippen molar-refractivity contribution in [1.29, 1.82) is 0 Å². The molecule has 0 aliphatic rings. The quantitative estimate of drug-likeness (QED) is 0.0699. The number of nitrogens with zero attached hydrogens (tertiary/aromatic N) is 1. The second-order valence-corrected chi connectivity index (χ2v) is 11.1. The molecule has 35 heavy (non-hydrogen) atoms. The molecule has 0 saturated heterocycles. The summed E-state index contributed by atoms with van der Waals surface area (Å²) in [5.74, 6) is 0. The molecule has 0 aromatic heterocycles. The van der Waals surface area contributed by atoms with Gasteiger partial charge >= 0.3 is 7.82 Å². The van der Waals surface area contributed by atoms with Crippen LogP contribution in [0.4, 0.5) is 0 Å². The number of hydrogen-bond donors (Lipinski definition) is 1. The molecule has 0 rings (SSSR count). The summed E-state index contributed by atoms with van der Waals surface area (Å²) in [7, 11) is 1.20. The van der Waals surface area contributed by atoms with Crippen LogP contribution in [0.2, 0.25) is 0 Å². The van der Waals surface area contributed by atoms with Gasteiger partial charge in [0.2, 0.25) is 0 Å². The third kappa shape index (κ3) is 26.6. The zero-order valence-corrected chi connectivity index (χ0v) is 24.2. The van der Waals surface area contributed by atoms with Gasteiger partial charge in [0.25, 0.3) is 0 Å². The molecule has 1 N–H and O–H groups in total. The van der Waals surface area contributed by atoms with Crippen molar-refractivity contribution in [3.8, 4) is 0 Å². The zero-order chi connectivity index (χ0) is 26.0. The van der Waals surface area contributed by atoms with Crippen molar-refractivity contribution in [3.05, 3.63) is 12.2 Å². The first-order valence-corrected chi connectivity index (χ1v) is 15.4. The van der Waals surface area contributed by atoms with Crippen molar-refractivity contribution < 1.29 is 28.0 Å². The lowest BCUT2D eigenvalue weighted by molar-refractivity contribution is -0.0222. The summed E-state index contributed by atoms with van der Waals surface area (Å²) in [6, 6.07) is 0. The Morgan fingerprint density at radius 3 is 1.86 bits per heavy atom. The fourth-order valence-electron chi connectivity index (χ4n) is 3.58. The van der Waals surface area contributed by atoms with E-state index < -0.39 is 13.9 Å². The van der Waals surface area contributed by atoms with Gasteiger partial charge in [0, 0.05) is 20.3 Å². The molecule has 2 atom stereocenters. The average molecular weight is 522 g/mol. The third-order valence-corrected chi connectivity index (χ3v) is 6.89. The van der Waals surface area contributed by atoms with E-state index in [1.54, 1.807) is 0 Å². The minimum Gasteiger partial charge on any atom is -0.379 e. The predicted octanol–water partition coefficient (Wildman–Crippen LogP) is 7.14. The summed E-state index contributed by atoms with van der Waals surface area (Å²) >= 11 is 0. The van der Waals surface area contributed by atoms with Crippen molar-refractivity contribution in [2.75, 3.05) is 54.2 Å². The molecule has 0 aliphatic carbocycles. The van der Waals surface area contributed by atoms with Crippen molar-refractivity contribution >= 4 is 7.82 Å². The van der Waals surface area contributed by atoms with E-state index in [0.29, 0.717) is 19.8 Å². The van der Waals surface area contributed by atoms with E-state index in [2.05, 4.69) is 19.1 Å². The Morgan fingerprint density at radius 2 is 1.31 bits per heavy atom. The second kappa shape index (κ2) is 25.4. The number of rotatable bonds is 27. The van der Waals surface area contributed by atoms with Crippen LogP contribution in [-0.4, -0.2) is 70.1 Å². The second-order valence-electron chi connectivity index (χ2n) is 9.62. The maximum atomic E-state index is 11.9. The number of phosphoric ester groups is 1. The molecule has 0 bridgehead atoms. The predicted molar refractivity (Wildman–Crippen MR) is 146 cm³/mol. The number of phosphoric acid groups is 1. The molecule has 0 aromatic rings. The molecule has 0 saturated carbocycles. The number of allylic oxidation sites excluding steroid dienone is 2. The lowest BCUT2D eigenvalue weighted by Gasteiger charge is -2.18. The molecule has 7 nitrogen and oxygen atoms in total. The van der Waals surface area contributed by atoms with Crippen LogP contribution in [0, 0.1) is 0 Å². The Morgan fingerprint density at radius 1 is 0.771 bits per heavy atom. The molecule has 0 spiro atoms. The minimum atomic E-state index is -4.06. The van der Waals surface area contributed by atoms with Crippen LogP contribution >= 0.6 is 7.82 Å². The summed E-state index contributed by atoms with van der Waals surface area (Å²) in [5, 5.41) is 0. The molecular formula is C27H56NO6P. The average Bonchev–Trinajstić information content (AvgIpc) is 2.82. The highest BCUT2D eigenvalue weighted by atomic mass is 31.2. The summed E-state index contributed by atoms with van der Waals surface area (Å²) in [6.45, 7) is 3.90. The van der Waals surface area contributed by atoms with Gasteiger partial charge in [0.05, 0.1) is 19.8 Å². The lowest BCUT2D eigenvalue weighted by atomic mass is 10.1.